The van der Waals surface area contributed by atoms with Gasteiger partial charge in [0.2, 0.25) is 10.0 Å². The molecule has 0 radical (unpaired) electrons. The van der Waals surface area contributed by atoms with Gasteiger partial charge in [0.25, 0.3) is 0 Å². The van der Waals surface area contributed by atoms with Gasteiger partial charge in [0.1, 0.15) is 10.6 Å². The summed E-state index contributed by atoms with van der Waals surface area (Å²) in [6.45, 7) is 3.01. The number of hydrogen-bond donors (Lipinski definition) is 1. The highest BCUT2D eigenvalue weighted by molar-refractivity contribution is 7.89. The number of benzene rings is 1. The Bertz CT molecular complexity index is 711. The average Bonchev–Trinajstić information content (AvgIpc) is 2.52. The second-order valence-corrected chi connectivity index (χ2v) is 7.60. The molecule has 1 N–H and O–H groups in total. The Hall–Kier alpha value is -1.86. The van der Waals surface area contributed by atoms with Crippen LogP contribution in [-0.2, 0) is 14.8 Å². The van der Waals surface area contributed by atoms with E-state index in [2.05, 4.69) is 0 Å². The minimum absolute atomic E-state index is 0.0710. The van der Waals surface area contributed by atoms with Gasteiger partial charge in [-0.25, -0.2) is 13.2 Å². The normalized spacial score (nSPS) is 19.8. The maximum Gasteiger partial charge on any atom is 0.328 e. The highest BCUT2D eigenvalue weighted by Gasteiger charge is 2.31. The van der Waals surface area contributed by atoms with Crippen LogP contribution in [0.5, 0.6) is 5.75 Å². The smallest absolute Gasteiger partial charge is 0.328 e. The summed E-state index contributed by atoms with van der Waals surface area (Å²) in [5, 5.41) is 8.70. The van der Waals surface area contributed by atoms with Gasteiger partial charge in [-0.3, -0.25) is 0 Å². The molecule has 0 aromatic heterocycles. The van der Waals surface area contributed by atoms with Crippen molar-refractivity contribution in [2.45, 2.75) is 24.7 Å². The fourth-order valence-electron chi connectivity index (χ4n) is 2.67. The van der Waals surface area contributed by atoms with Gasteiger partial charge in [-0.1, -0.05) is 13.0 Å². The van der Waals surface area contributed by atoms with Crippen molar-refractivity contribution < 1.29 is 23.1 Å². The number of ether oxygens (including phenoxy) is 1. The van der Waals surface area contributed by atoms with Crippen LogP contribution in [0.25, 0.3) is 6.08 Å². The third kappa shape index (κ3) is 4.11. The van der Waals surface area contributed by atoms with E-state index < -0.39 is 16.0 Å². The molecule has 1 aliphatic rings. The molecule has 126 valence electrons. The summed E-state index contributed by atoms with van der Waals surface area (Å²) in [5.74, 6) is -0.509. The number of rotatable bonds is 5. The first-order chi connectivity index (χ1) is 10.8. The quantitative estimate of drug-likeness (QED) is 0.832. The number of methoxy groups -OCH3 is 1. The fourth-order valence-corrected chi connectivity index (χ4v) is 4.46. The van der Waals surface area contributed by atoms with Crippen LogP contribution >= 0.6 is 0 Å². The van der Waals surface area contributed by atoms with Gasteiger partial charge in [0.05, 0.1) is 7.11 Å². The van der Waals surface area contributed by atoms with Crippen molar-refractivity contribution in [1.82, 2.24) is 4.31 Å². The van der Waals surface area contributed by atoms with Gasteiger partial charge in [-0.05, 0) is 42.5 Å². The lowest BCUT2D eigenvalue weighted by atomic mass is 10.0. The summed E-state index contributed by atoms with van der Waals surface area (Å²) in [4.78, 5) is 10.7. The summed E-state index contributed by atoms with van der Waals surface area (Å²) in [7, 11) is -2.26. The fraction of sp³-hybridized carbons (Fsp3) is 0.438. The first-order valence-electron chi connectivity index (χ1n) is 7.44. The van der Waals surface area contributed by atoms with E-state index in [0.29, 0.717) is 24.6 Å². The zero-order chi connectivity index (χ0) is 17.0. The number of aliphatic carboxylic acids is 1. The van der Waals surface area contributed by atoms with Gasteiger partial charge in [-0.15, -0.1) is 0 Å². The van der Waals surface area contributed by atoms with Gasteiger partial charge in [0.15, 0.2) is 0 Å². The molecular weight excluding hydrogens is 318 g/mol. The van der Waals surface area contributed by atoms with Crippen LogP contribution in [0.4, 0.5) is 0 Å². The topological polar surface area (TPSA) is 83.9 Å². The predicted molar refractivity (Wildman–Crippen MR) is 86.8 cm³/mol. The van der Waals surface area contributed by atoms with E-state index in [1.165, 1.54) is 23.6 Å². The lowest BCUT2D eigenvalue weighted by molar-refractivity contribution is -0.131. The molecule has 1 aromatic rings. The van der Waals surface area contributed by atoms with Gasteiger partial charge in [-0.2, -0.15) is 4.31 Å². The Morgan fingerprint density at radius 1 is 1.43 bits per heavy atom. The first-order valence-corrected chi connectivity index (χ1v) is 8.88. The van der Waals surface area contributed by atoms with E-state index in [-0.39, 0.29) is 10.6 Å². The first kappa shape index (κ1) is 17.5. The monoisotopic (exact) mass is 339 g/mol. The lowest BCUT2D eigenvalue weighted by Gasteiger charge is -2.30. The van der Waals surface area contributed by atoms with Crippen molar-refractivity contribution in [3.05, 3.63) is 29.8 Å². The van der Waals surface area contributed by atoms with Crippen LogP contribution in [0.1, 0.15) is 25.3 Å². The van der Waals surface area contributed by atoms with Crippen LogP contribution < -0.4 is 4.74 Å². The average molecular weight is 339 g/mol. The summed E-state index contributed by atoms with van der Waals surface area (Å²) in [6.07, 6.45) is 4.19. The van der Waals surface area contributed by atoms with Crippen molar-refractivity contribution >= 4 is 22.1 Å². The molecule has 1 saturated heterocycles. The number of carbonyl (C=O) groups is 1. The van der Waals surface area contributed by atoms with Crippen LogP contribution in [0.3, 0.4) is 0 Å². The molecule has 0 spiro atoms. The molecule has 0 bridgehead atoms. The SMILES string of the molecule is COc1ccc(/C=C/C(=O)O)cc1S(=O)(=O)N1CCC[C@@H](C)C1. The Balaban J connectivity index is 2.42. The molecule has 0 amide bonds. The molecule has 6 nitrogen and oxygen atoms in total. The van der Waals surface area contributed by atoms with Gasteiger partial charge >= 0.3 is 5.97 Å². The van der Waals surface area contributed by atoms with Crippen molar-refractivity contribution in [1.29, 1.82) is 0 Å². The van der Waals surface area contributed by atoms with Crippen LogP contribution in [-0.4, -0.2) is 44.0 Å². The van der Waals surface area contributed by atoms with E-state index in [1.807, 2.05) is 6.92 Å². The number of hydrogen-bond acceptors (Lipinski definition) is 4. The molecule has 1 atom stereocenters. The van der Waals surface area contributed by atoms with Crippen LogP contribution in [0, 0.1) is 5.92 Å². The zero-order valence-corrected chi connectivity index (χ0v) is 14.0. The molecule has 1 heterocycles. The van der Waals surface area contributed by atoms with Crippen LogP contribution in [0.2, 0.25) is 0 Å². The molecule has 2 rings (SSSR count). The van der Waals surface area contributed by atoms with E-state index in [0.717, 1.165) is 18.9 Å². The van der Waals surface area contributed by atoms with Crippen molar-refractivity contribution in [3.8, 4) is 5.75 Å². The van der Waals surface area contributed by atoms with Crippen molar-refractivity contribution in [2.24, 2.45) is 5.92 Å². The third-order valence-electron chi connectivity index (χ3n) is 3.84. The van der Waals surface area contributed by atoms with Crippen molar-refractivity contribution in [2.75, 3.05) is 20.2 Å². The van der Waals surface area contributed by atoms with Crippen molar-refractivity contribution in [3.63, 3.8) is 0 Å². The molecule has 23 heavy (non-hydrogen) atoms. The van der Waals surface area contributed by atoms with E-state index >= 15 is 0 Å². The maximum absolute atomic E-state index is 12.9. The zero-order valence-electron chi connectivity index (χ0n) is 13.2. The molecule has 0 unspecified atom stereocenters. The van der Waals surface area contributed by atoms with E-state index in [4.69, 9.17) is 9.84 Å². The molecule has 0 aliphatic carbocycles. The maximum atomic E-state index is 12.9. The number of sulfonamides is 1. The Labute approximate surface area is 136 Å². The standard InChI is InChI=1S/C16H21NO5S/c1-12-4-3-9-17(11-12)23(20,21)15-10-13(6-8-16(18)19)5-7-14(15)22-2/h5-8,10,12H,3-4,9,11H2,1-2H3,(H,18,19)/b8-6+/t12-/m1/s1. The Kier molecular flexibility index (Phi) is 5.43. The highest BCUT2D eigenvalue weighted by Crippen LogP contribution is 2.30. The molecule has 1 aliphatic heterocycles. The Morgan fingerprint density at radius 2 is 2.17 bits per heavy atom. The van der Waals surface area contributed by atoms with E-state index in [9.17, 15) is 13.2 Å². The second kappa shape index (κ2) is 7.14. The molecule has 7 heteroatoms. The number of carboxylic acids is 1. The van der Waals surface area contributed by atoms with Gasteiger partial charge in [0, 0.05) is 19.2 Å². The van der Waals surface area contributed by atoms with Crippen LogP contribution in [0.15, 0.2) is 29.2 Å². The second-order valence-electron chi connectivity index (χ2n) is 5.69. The largest absolute Gasteiger partial charge is 0.495 e. The minimum Gasteiger partial charge on any atom is -0.495 e. The minimum atomic E-state index is -3.67. The van der Waals surface area contributed by atoms with E-state index in [1.54, 1.807) is 12.1 Å². The lowest BCUT2D eigenvalue weighted by Crippen LogP contribution is -2.39. The summed E-state index contributed by atoms with van der Waals surface area (Å²) >= 11 is 0. The predicted octanol–water partition coefficient (Wildman–Crippen LogP) is 2.21. The molecule has 1 aromatic carbocycles. The number of carboxylic acid groups (broad SMARTS) is 1. The number of nitrogens with zero attached hydrogens (tertiary/aromatic N) is 1. The van der Waals surface area contributed by atoms with Gasteiger partial charge < -0.3 is 9.84 Å². The summed E-state index contributed by atoms with van der Waals surface area (Å²) in [5.41, 5.74) is 0.497. The Morgan fingerprint density at radius 3 is 2.78 bits per heavy atom. The molecule has 1 fully saturated rings. The highest BCUT2D eigenvalue weighted by atomic mass is 32.2. The number of piperidine rings is 1. The molecule has 0 saturated carbocycles. The summed E-state index contributed by atoms with van der Waals surface area (Å²) < 4.78 is 32.5. The third-order valence-corrected chi connectivity index (χ3v) is 5.73. The summed E-state index contributed by atoms with van der Waals surface area (Å²) in [6, 6.07) is 4.62. The molecular formula is C16H21NO5S.